The van der Waals surface area contributed by atoms with E-state index in [1.807, 2.05) is 0 Å². The molecule has 0 unspecified atom stereocenters. The van der Waals surface area contributed by atoms with Gasteiger partial charge in [-0.2, -0.15) is 0 Å². The highest BCUT2D eigenvalue weighted by molar-refractivity contribution is 8.29. The summed E-state index contributed by atoms with van der Waals surface area (Å²) < 4.78 is 6.70. The fraction of sp³-hybridized carbons (Fsp3) is 0.882. The molecule has 2 atom stereocenters. The van der Waals surface area contributed by atoms with Crippen molar-refractivity contribution in [1.82, 2.24) is 4.90 Å². The van der Waals surface area contributed by atoms with Crippen molar-refractivity contribution in [2.75, 3.05) is 25.7 Å². The lowest BCUT2D eigenvalue weighted by molar-refractivity contribution is 0.190. The molecular weight excluding hydrogens is 282 g/mol. The molecule has 1 aliphatic carbocycles. The number of hydrogen-bond donors (Lipinski definition) is 1. The molecule has 124 valence electrons. The Hall–Kier alpha value is -0.190. The second-order valence-corrected chi connectivity index (χ2v) is 11.6. The lowest BCUT2D eigenvalue weighted by atomic mass is 10.2. The smallest absolute Gasteiger partial charge is 0.0895 e. The van der Waals surface area contributed by atoms with Crippen molar-refractivity contribution in [2.24, 2.45) is 0 Å². The monoisotopic (exact) mass is 315 g/mol. The van der Waals surface area contributed by atoms with Gasteiger partial charge in [0.25, 0.3) is 0 Å². The fourth-order valence-electron chi connectivity index (χ4n) is 2.93. The standard InChI is InChI=1S/C17H33NO2S/c1-7-8-13-9-16(13)18-11-15(10-14(18)12-19)20-21(5,6)17(2,3)4/h14-15,19H,7-12H2,1-6H3/t14-,15-/m1/s1. The number of aliphatic hydroxyl groups excluding tert-OH is 1. The second-order valence-electron chi connectivity index (χ2n) is 7.77. The number of rotatable bonds is 6. The zero-order chi connectivity index (χ0) is 15.8. The Morgan fingerprint density at radius 3 is 2.52 bits per heavy atom. The van der Waals surface area contributed by atoms with Gasteiger partial charge in [-0.05, 0) is 30.9 Å². The van der Waals surface area contributed by atoms with E-state index in [1.165, 1.54) is 18.5 Å². The minimum absolute atomic E-state index is 0.196. The zero-order valence-corrected chi connectivity index (χ0v) is 15.4. The molecule has 1 heterocycles. The number of likely N-dealkylation sites (tertiary alicyclic amines) is 1. The third kappa shape index (κ3) is 3.77. The molecule has 4 heteroatoms. The van der Waals surface area contributed by atoms with Gasteiger partial charge in [0.2, 0.25) is 0 Å². The van der Waals surface area contributed by atoms with Crippen molar-refractivity contribution in [2.45, 2.75) is 70.3 Å². The highest BCUT2D eigenvalue weighted by atomic mass is 32.3. The molecule has 1 N–H and O–H groups in total. The van der Waals surface area contributed by atoms with Crippen LogP contribution in [0, 0.1) is 0 Å². The van der Waals surface area contributed by atoms with Gasteiger partial charge in [0.15, 0.2) is 0 Å². The summed E-state index contributed by atoms with van der Waals surface area (Å²) >= 11 is 0. The van der Waals surface area contributed by atoms with E-state index >= 15 is 0 Å². The summed E-state index contributed by atoms with van der Waals surface area (Å²) in [6.45, 7) is 10.2. The van der Waals surface area contributed by atoms with Gasteiger partial charge in [-0.3, -0.25) is 0 Å². The molecule has 0 amide bonds. The summed E-state index contributed by atoms with van der Waals surface area (Å²) in [6.07, 6.45) is 9.36. The van der Waals surface area contributed by atoms with Crippen molar-refractivity contribution >= 4 is 10.3 Å². The SMILES string of the molecule is CCCC1=C(N2C[C@H](OS(C)(C)C(C)(C)C)C[C@@H]2CO)C1. The molecule has 2 aliphatic rings. The Balaban J connectivity index is 2.00. The van der Waals surface area contributed by atoms with Gasteiger partial charge in [0, 0.05) is 23.4 Å². The average molecular weight is 316 g/mol. The zero-order valence-electron chi connectivity index (χ0n) is 14.6. The highest BCUT2D eigenvalue weighted by Gasteiger charge is 2.41. The molecular formula is C17H33NO2S. The van der Waals surface area contributed by atoms with Crippen molar-refractivity contribution in [1.29, 1.82) is 0 Å². The first-order valence-corrected chi connectivity index (χ1v) is 10.6. The molecule has 2 rings (SSSR count). The van der Waals surface area contributed by atoms with Crippen LogP contribution in [0.25, 0.3) is 0 Å². The number of hydrogen-bond acceptors (Lipinski definition) is 3. The third-order valence-electron chi connectivity index (χ3n) is 5.00. The van der Waals surface area contributed by atoms with Crippen LogP contribution in [0.2, 0.25) is 0 Å². The molecule has 0 aromatic rings. The maximum Gasteiger partial charge on any atom is 0.0895 e. The Bertz CT molecular complexity index is 412. The van der Waals surface area contributed by atoms with Crippen molar-refractivity contribution in [3.8, 4) is 0 Å². The van der Waals surface area contributed by atoms with Gasteiger partial charge in [-0.1, -0.05) is 34.1 Å². The Morgan fingerprint density at radius 1 is 1.33 bits per heavy atom. The Labute approximate surface area is 132 Å². The number of nitrogens with zero attached hydrogens (tertiary/aromatic N) is 1. The van der Waals surface area contributed by atoms with Crippen LogP contribution in [-0.4, -0.2) is 52.6 Å². The van der Waals surface area contributed by atoms with Crippen LogP contribution in [0.1, 0.15) is 53.4 Å². The van der Waals surface area contributed by atoms with Crippen LogP contribution in [0.15, 0.2) is 11.3 Å². The summed E-state index contributed by atoms with van der Waals surface area (Å²) in [6, 6.07) is 0.259. The summed E-state index contributed by atoms with van der Waals surface area (Å²) in [5.41, 5.74) is 3.09. The maximum absolute atomic E-state index is 9.69. The topological polar surface area (TPSA) is 32.7 Å². The lowest BCUT2D eigenvalue weighted by Crippen LogP contribution is -2.30. The minimum Gasteiger partial charge on any atom is -0.394 e. The Kier molecular flexibility index (Phi) is 5.01. The third-order valence-corrected chi connectivity index (χ3v) is 8.70. The average Bonchev–Trinajstić information content (AvgIpc) is 3.00. The van der Waals surface area contributed by atoms with Crippen molar-refractivity contribution in [3.63, 3.8) is 0 Å². The maximum atomic E-state index is 9.69. The van der Waals surface area contributed by atoms with Crippen LogP contribution in [0.4, 0.5) is 0 Å². The molecule has 0 aromatic carbocycles. The minimum atomic E-state index is -1.09. The van der Waals surface area contributed by atoms with Crippen LogP contribution < -0.4 is 0 Å². The van der Waals surface area contributed by atoms with Gasteiger partial charge in [-0.15, -0.1) is 10.3 Å². The van der Waals surface area contributed by atoms with Crippen molar-refractivity contribution < 1.29 is 9.29 Å². The summed E-state index contributed by atoms with van der Waals surface area (Å²) in [5.74, 6) is 0. The van der Waals surface area contributed by atoms with E-state index in [1.54, 1.807) is 5.57 Å². The molecule has 21 heavy (non-hydrogen) atoms. The normalized spacial score (nSPS) is 27.5. The molecule has 0 radical (unpaired) electrons. The first kappa shape index (κ1) is 17.2. The fourth-order valence-corrected chi connectivity index (χ4v) is 4.04. The van der Waals surface area contributed by atoms with Crippen LogP contribution >= 0.6 is 10.3 Å². The number of allylic oxidation sites excluding steroid dienone is 2. The molecule has 0 bridgehead atoms. The van der Waals surface area contributed by atoms with E-state index in [0.717, 1.165) is 19.4 Å². The van der Waals surface area contributed by atoms with Gasteiger partial charge in [0.1, 0.15) is 0 Å². The van der Waals surface area contributed by atoms with E-state index in [2.05, 4.69) is 45.1 Å². The predicted octanol–water partition coefficient (Wildman–Crippen LogP) is 3.67. The van der Waals surface area contributed by atoms with E-state index < -0.39 is 10.3 Å². The van der Waals surface area contributed by atoms with E-state index in [0.29, 0.717) is 0 Å². The van der Waals surface area contributed by atoms with Crippen molar-refractivity contribution in [3.05, 3.63) is 11.3 Å². The first-order chi connectivity index (χ1) is 9.69. The van der Waals surface area contributed by atoms with Gasteiger partial charge < -0.3 is 14.2 Å². The van der Waals surface area contributed by atoms with E-state index in [-0.39, 0.29) is 23.5 Å². The highest BCUT2D eigenvalue weighted by Crippen LogP contribution is 2.56. The molecule has 0 aromatic heterocycles. The van der Waals surface area contributed by atoms with E-state index in [4.69, 9.17) is 4.18 Å². The van der Waals surface area contributed by atoms with E-state index in [9.17, 15) is 5.11 Å². The molecule has 1 aliphatic heterocycles. The first-order valence-electron chi connectivity index (χ1n) is 8.19. The van der Waals surface area contributed by atoms with Gasteiger partial charge >= 0.3 is 0 Å². The molecule has 1 saturated heterocycles. The summed E-state index contributed by atoms with van der Waals surface area (Å²) in [5, 5.41) is 9.69. The lowest BCUT2D eigenvalue weighted by Gasteiger charge is -2.45. The predicted molar refractivity (Wildman–Crippen MR) is 92.8 cm³/mol. The molecule has 0 saturated carbocycles. The molecule has 1 fully saturated rings. The molecule has 3 nitrogen and oxygen atoms in total. The van der Waals surface area contributed by atoms with Gasteiger partial charge in [-0.25, -0.2) is 0 Å². The Morgan fingerprint density at radius 2 is 2.00 bits per heavy atom. The quantitative estimate of drug-likeness (QED) is 0.811. The van der Waals surface area contributed by atoms with Crippen LogP contribution in [0.3, 0.4) is 0 Å². The largest absolute Gasteiger partial charge is 0.394 e. The second kappa shape index (κ2) is 6.13. The summed E-state index contributed by atoms with van der Waals surface area (Å²) in [4.78, 5) is 2.42. The van der Waals surface area contributed by atoms with Crippen LogP contribution in [0.5, 0.6) is 0 Å². The molecule has 0 spiro atoms. The number of aliphatic hydroxyl groups is 1. The van der Waals surface area contributed by atoms with Crippen LogP contribution in [-0.2, 0) is 4.18 Å². The van der Waals surface area contributed by atoms with Gasteiger partial charge in [0.05, 0.1) is 18.8 Å². The summed E-state index contributed by atoms with van der Waals surface area (Å²) in [7, 11) is -1.09.